The number of aromatic nitrogens is 1. The van der Waals surface area contributed by atoms with E-state index in [0.717, 1.165) is 5.56 Å². The van der Waals surface area contributed by atoms with Crippen molar-refractivity contribution >= 4 is 45.9 Å². The standard InChI is InChI=1S/C21H14Cl2N2O3/c1-27-18-5-3-2-4-15(18)20(26)24-14-8-6-12(7-9-14)21-25-17-11-13(22)10-16(23)19(17)28-21/h2-11H,1H3,(H,24,26). The van der Waals surface area contributed by atoms with E-state index in [0.29, 0.717) is 44.0 Å². The fourth-order valence-corrected chi connectivity index (χ4v) is 3.33. The van der Waals surface area contributed by atoms with Crippen molar-refractivity contribution in [3.05, 3.63) is 76.3 Å². The quantitative estimate of drug-likeness (QED) is 0.442. The Balaban J connectivity index is 1.57. The maximum Gasteiger partial charge on any atom is 0.259 e. The molecule has 0 aliphatic rings. The fraction of sp³-hybridized carbons (Fsp3) is 0.0476. The number of anilines is 1. The van der Waals surface area contributed by atoms with Crippen molar-refractivity contribution < 1.29 is 13.9 Å². The molecule has 0 bridgehead atoms. The molecular weight excluding hydrogens is 399 g/mol. The number of halogens is 2. The Morgan fingerprint density at radius 3 is 2.57 bits per heavy atom. The van der Waals surface area contributed by atoms with Gasteiger partial charge >= 0.3 is 0 Å². The number of ether oxygens (including phenoxy) is 1. The molecule has 7 heteroatoms. The summed E-state index contributed by atoms with van der Waals surface area (Å²) in [4.78, 5) is 16.9. The van der Waals surface area contributed by atoms with Crippen LogP contribution in [-0.4, -0.2) is 18.0 Å². The van der Waals surface area contributed by atoms with Crippen LogP contribution >= 0.6 is 23.2 Å². The van der Waals surface area contributed by atoms with Gasteiger partial charge in [-0.25, -0.2) is 4.98 Å². The number of benzene rings is 3. The molecule has 1 heterocycles. The van der Waals surface area contributed by atoms with Crippen molar-refractivity contribution in [1.82, 2.24) is 4.98 Å². The maximum absolute atomic E-state index is 12.5. The molecule has 140 valence electrons. The summed E-state index contributed by atoms with van der Waals surface area (Å²) < 4.78 is 11.0. The van der Waals surface area contributed by atoms with E-state index in [-0.39, 0.29) is 5.91 Å². The Hall–Kier alpha value is -3.02. The van der Waals surface area contributed by atoms with Crippen LogP contribution in [-0.2, 0) is 0 Å². The lowest BCUT2D eigenvalue weighted by atomic mass is 10.1. The number of rotatable bonds is 4. The smallest absolute Gasteiger partial charge is 0.259 e. The summed E-state index contributed by atoms with van der Waals surface area (Å²) in [5.74, 6) is 0.675. The first kappa shape index (κ1) is 18.3. The van der Waals surface area contributed by atoms with Crippen LogP contribution in [0.1, 0.15) is 10.4 Å². The third-order valence-corrected chi connectivity index (χ3v) is 4.65. The molecule has 5 nitrogen and oxygen atoms in total. The lowest BCUT2D eigenvalue weighted by molar-refractivity contribution is 0.102. The lowest BCUT2D eigenvalue weighted by Crippen LogP contribution is -2.12. The second kappa shape index (κ2) is 7.54. The van der Waals surface area contributed by atoms with Gasteiger partial charge in [-0.2, -0.15) is 0 Å². The number of methoxy groups -OCH3 is 1. The minimum absolute atomic E-state index is 0.256. The Labute approximate surface area is 170 Å². The van der Waals surface area contributed by atoms with Gasteiger partial charge < -0.3 is 14.5 Å². The average Bonchev–Trinajstić information content (AvgIpc) is 3.13. The molecule has 0 aliphatic carbocycles. The van der Waals surface area contributed by atoms with Crippen LogP contribution in [0, 0.1) is 0 Å². The largest absolute Gasteiger partial charge is 0.496 e. The van der Waals surface area contributed by atoms with E-state index >= 15 is 0 Å². The predicted octanol–water partition coefficient (Wildman–Crippen LogP) is 6.06. The molecule has 1 amide bonds. The van der Waals surface area contributed by atoms with Crippen LogP contribution in [0.2, 0.25) is 10.0 Å². The maximum atomic E-state index is 12.5. The molecule has 0 saturated heterocycles. The molecule has 0 atom stereocenters. The highest BCUT2D eigenvalue weighted by molar-refractivity contribution is 6.38. The van der Waals surface area contributed by atoms with Gasteiger partial charge in [0.25, 0.3) is 5.91 Å². The van der Waals surface area contributed by atoms with E-state index in [9.17, 15) is 4.79 Å². The first-order valence-corrected chi connectivity index (χ1v) is 9.11. The van der Waals surface area contributed by atoms with Crippen LogP contribution < -0.4 is 10.1 Å². The zero-order valence-electron chi connectivity index (χ0n) is 14.7. The van der Waals surface area contributed by atoms with Crippen LogP contribution in [0.3, 0.4) is 0 Å². The van der Waals surface area contributed by atoms with Crippen molar-refractivity contribution in [2.45, 2.75) is 0 Å². The summed E-state index contributed by atoms with van der Waals surface area (Å²) in [6, 6.07) is 17.5. The summed E-state index contributed by atoms with van der Waals surface area (Å²) in [5, 5.41) is 3.74. The van der Waals surface area contributed by atoms with E-state index < -0.39 is 0 Å². The van der Waals surface area contributed by atoms with Crippen molar-refractivity contribution in [2.24, 2.45) is 0 Å². The van der Waals surface area contributed by atoms with E-state index in [4.69, 9.17) is 32.4 Å². The highest BCUT2D eigenvalue weighted by atomic mass is 35.5. The van der Waals surface area contributed by atoms with Gasteiger partial charge in [0, 0.05) is 16.3 Å². The highest BCUT2D eigenvalue weighted by Gasteiger charge is 2.14. The van der Waals surface area contributed by atoms with Crippen LogP contribution in [0.15, 0.2) is 65.1 Å². The Kier molecular flexibility index (Phi) is 4.94. The number of carbonyl (C=O) groups is 1. The number of fused-ring (bicyclic) bond motifs is 1. The number of amides is 1. The summed E-state index contributed by atoms with van der Waals surface area (Å²) in [6.07, 6.45) is 0. The molecule has 1 N–H and O–H groups in total. The van der Waals surface area contributed by atoms with Gasteiger partial charge in [-0.3, -0.25) is 4.79 Å². The van der Waals surface area contributed by atoms with Gasteiger partial charge in [0.05, 0.1) is 17.7 Å². The van der Waals surface area contributed by atoms with E-state index in [1.165, 1.54) is 7.11 Å². The second-order valence-corrected chi connectivity index (χ2v) is 6.83. The number of hydrogen-bond donors (Lipinski definition) is 1. The van der Waals surface area contributed by atoms with Crippen LogP contribution in [0.4, 0.5) is 5.69 Å². The Morgan fingerprint density at radius 2 is 1.82 bits per heavy atom. The molecule has 0 saturated carbocycles. The van der Waals surface area contributed by atoms with E-state index in [1.54, 1.807) is 54.6 Å². The molecule has 3 aromatic carbocycles. The van der Waals surface area contributed by atoms with Crippen LogP contribution in [0.5, 0.6) is 5.75 Å². The highest BCUT2D eigenvalue weighted by Crippen LogP contribution is 2.32. The molecule has 0 radical (unpaired) electrons. The monoisotopic (exact) mass is 412 g/mol. The number of nitrogens with zero attached hydrogens (tertiary/aromatic N) is 1. The average molecular weight is 413 g/mol. The van der Waals surface area contributed by atoms with E-state index in [2.05, 4.69) is 10.3 Å². The third-order valence-electron chi connectivity index (χ3n) is 4.15. The number of oxazole rings is 1. The van der Waals surface area contributed by atoms with Crippen molar-refractivity contribution in [2.75, 3.05) is 12.4 Å². The molecule has 28 heavy (non-hydrogen) atoms. The molecule has 1 aromatic heterocycles. The van der Waals surface area contributed by atoms with Gasteiger partial charge in [-0.05, 0) is 48.5 Å². The van der Waals surface area contributed by atoms with Crippen LogP contribution in [0.25, 0.3) is 22.6 Å². The number of carbonyl (C=O) groups excluding carboxylic acids is 1. The first-order chi connectivity index (χ1) is 13.5. The summed E-state index contributed by atoms with van der Waals surface area (Å²) >= 11 is 12.2. The number of hydrogen-bond acceptors (Lipinski definition) is 4. The Morgan fingerprint density at radius 1 is 1.07 bits per heavy atom. The normalized spacial score (nSPS) is 10.8. The summed E-state index contributed by atoms with van der Waals surface area (Å²) in [6.45, 7) is 0. The first-order valence-electron chi connectivity index (χ1n) is 8.35. The fourth-order valence-electron chi connectivity index (χ4n) is 2.81. The summed E-state index contributed by atoms with van der Waals surface area (Å²) in [5.41, 5.74) is 2.91. The molecule has 0 fully saturated rings. The molecule has 0 aliphatic heterocycles. The molecule has 0 spiro atoms. The molecular formula is C21H14Cl2N2O3. The summed E-state index contributed by atoms with van der Waals surface area (Å²) in [7, 11) is 1.53. The van der Waals surface area contributed by atoms with E-state index in [1.807, 2.05) is 6.07 Å². The molecule has 4 rings (SSSR count). The van der Waals surface area contributed by atoms with Gasteiger partial charge in [-0.1, -0.05) is 35.3 Å². The van der Waals surface area contributed by atoms with Gasteiger partial charge in [0.1, 0.15) is 11.3 Å². The van der Waals surface area contributed by atoms with Crippen molar-refractivity contribution in [1.29, 1.82) is 0 Å². The lowest BCUT2D eigenvalue weighted by Gasteiger charge is -2.09. The predicted molar refractivity (Wildman–Crippen MR) is 110 cm³/mol. The molecule has 4 aromatic rings. The van der Waals surface area contributed by atoms with Crippen molar-refractivity contribution in [3.63, 3.8) is 0 Å². The number of nitrogens with one attached hydrogen (secondary N) is 1. The second-order valence-electron chi connectivity index (χ2n) is 5.99. The third kappa shape index (κ3) is 3.54. The van der Waals surface area contributed by atoms with Gasteiger partial charge in [-0.15, -0.1) is 0 Å². The molecule has 0 unspecified atom stereocenters. The van der Waals surface area contributed by atoms with Gasteiger partial charge in [0.15, 0.2) is 5.58 Å². The zero-order valence-corrected chi connectivity index (χ0v) is 16.2. The zero-order chi connectivity index (χ0) is 19.7. The Bertz CT molecular complexity index is 1170. The minimum Gasteiger partial charge on any atom is -0.496 e. The minimum atomic E-state index is -0.256. The number of para-hydroxylation sites is 1. The van der Waals surface area contributed by atoms with Gasteiger partial charge in [0.2, 0.25) is 5.89 Å². The van der Waals surface area contributed by atoms with Crippen molar-refractivity contribution in [3.8, 4) is 17.2 Å². The topological polar surface area (TPSA) is 64.4 Å². The SMILES string of the molecule is COc1ccccc1C(=O)Nc1ccc(-c2nc3cc(Cl)cc(Cl)c3o2)cc1.